The number of hydrogen-bond acceptors (Lipinski definition) is 2. The zero-order valence-corrected chi connectivity index (χ0v) is 9.55. The van der Waals surface area contributed by atoms with Crippen molar-refractivity contribution in [3.8, 4) is 6.07 Å². The molecule has 0 aliphatic rings. The smallest absolute Gasteiger partial charge is 0.233 e. The first kappa shape index (κ1) is 11.1. The van der Waals surface area contributed by atoms with Gasteiger partial charge in [-0.25, -0.2) is 9.13 Å². The van der Waals surface area contributed by atoms with Crippen LogP contribution in [-0.4, -0.2) is 10.8 Å². The summed E-state index contributed by atoms with van der Waals surface area (Å²) in [5.41, 5.74) is 0. The number of rotatable bonds is 5. The van der Waals surface area contributed by atoms with E-state index in [0.29, 0.717) is 6.42 Å². The lowest BCUT2D eigenvalue weighted by atomic mass is 10.4. The van der Waals surface area contributed by atoms with Crippen LogP contribution in [0.2, 0.25) is 0 Å². The molecule has 3 nitrogen and oxygen atoms in total. The first-order valence-electron chi connectivity index (χ1n) is 4.76. The van der Waals surface area contributed by atoms with Gasteiger partial charge in [0.25, 0.3) is 5.82 Å². The summed E-state index contributed by atoms with van der Waals surface area (Å²) in [7, 11) is 0. The van der Waals surface area contributed by atoms with E-state index < -0.39 is 0 Å². The molecule has 0 aromatic carbocycles. The Balaban J connectivity index is 2.79. The van der Waals surface area contributed by atoms with Gasteiger partial charge in [-0.1, -0.05) is 6.92 Å². The molecule has 0 N–H and O–H groups in total. The Hall–Kier alpha value is -0.950. The summed E-state index contributed by atoms with van der Waals surface area (Å²) < 4.78 is 4.40. The molecule has 0 aliphatic carbocycles. The predicted octanol–water partition coefficient (Wildman–Crippen LogP) is 1.57. The topological polar surface area (TPSA) is 32.6 Å². The van der Waals surface area contributed by atoms with E-state index in [-0.39, 0.29) is 0 Å². The first-order valence-corrected chi connectivity index (χ1v) is 6.16. The molecule has 1 heterocycles. The van der Waals surface area contributed by atoms with E-state index in [1.807, 2.05) is 0 Å². The largest absolute Gasteiger partial charge is 0.256 e. The van der Waals surface area contributed by atoms with Crippen molar-refractivity contribution in [2.75, 3.05) is 6.26 Å². The van der Waals surface area contributed by atoms with Crippen LogP contribution in [0.5, 0.6) is 0 Å². The van der Waals surface area contributed by atoms with E-state index >= 15 is 0 Å². The Morgan fingerprint density at radius 1 is 1.64 bits per heavy atom. The van der Waals surface area contributed by atoms with Crippen LogP contribution in [0.4, 0.5) is 0 Å². The quantitative estimate of drug-likeness (QED) is 0.691. The summed E-state index contributed by atoms with van der Waals surface area (Å²) in [5.74, 6) is 2.29. The fraction of sp³-hybridized carbons (Fsp3) is 0.600. The second-order valence-corrected chi connectivity index (χ2v) is 3.89. The number of nitrogens with zero attached hydrogens (tertiary/aromatic N) is 3. The van der Waals surface area contributed by atoms with Crippen molar-refractivity contribution in [1.82, 2.24) is 4.57 Å². The average Bonchev–Trinajstić information content (AvgIpc) is 2.58. The van der Waals surface area contributed by atoms with Crippen LogP contribution in [0.15, 0.2) is 12.4 Å². The molecule has 1 aromatic heterocycles. The molecule has 0 unspecified atom stereocenters. The maximum absolute atomic E-state index is 8.53. The molecular formula is C10H16N3S+. The van der Waals surface area contributed by atoms with Gasteiger partial charge in [-0.3, -0.25) is 0 Å². The zero-order chi connectivity index (χ0) is 10.4. The van der Waals surface area contributed by atoms with E-state index in [1.165, 1.54) is 5.82 Å². The monoisotopic (exact) mass is 210 g/mol. The van der Waals surface area contributed by atoms with Crippen molar-refractivity contribution in [2.45, 2.75) is 32.2 Å². The molecule has 0 saturated carbocycles. The first-order chi connectivity index (χ1) is 6.83. The zero-order valence-electron chi connectivity index (χ0n) is 8.73. The van der Waals surface area contributed by atoms with Crippen LogP contribution in [0, 0.1) is 11.3 Å². The van der Waals surface area contributed by atoms with Crippen LogP contribution < -0.4 is 4.57 Å². The van der Waals surface area contributed by atoms with Gasteiger partial charge in [0, 0.05) is 6.42 Å². The maximum atomic E-state index is 8.53. The molecule has 0 radical (unpaired) electrons. The lowest BCUT2D eigenvalue weighted by molar-refractivity contribution is -0.683. The Morgan fingerprint density at radius 3 is 3.00 bits per heavy atom. The van der Waals surface area contributed by atoms with Crippen molar-refractivity contribution in [3.63, 3.8) is 0 Å². The molecule has 1 aromatic rings. The highest BCUT2D eigenvalue weighted by Gasteiger charge is 2.13. The molecule has 1 rings (SSSR count). The van der Waals surface area contributed by atoms with Crippen molar-refractivity contribution in [2.24, 2.45) is 0 Å². The summed E-state index contributed by atoms with van der Waals surface area (Å²) in [4.78, 5) is 0. The van der Waals surface area contributed by atoms with Gasteiger partial charge in [0.15, 0.2) is 0 Å². The Labute approximate surface area is 89.4 Å². The standard InChI is InChI=1S/C10H16N3S/c1-3-10-12(6-4-5-11)7-8-13(10)9-14-2/h7-8H,3-4,6,9H2,1-2H3/q+1. The SMILES string of the molecule is CCc1n(CCC#N)cc[n+]1CSC. The van der Waals surface area contributed by atoms with E-state index in [4.69, 9.17) is 5.26 Å². The Kier molecular flexibility index (Phi) is 4.54. The van der Waals surface area contributed by atoms with E-state index in [2.05, 4.69) is 40.8 Å². The van der Waals surface area contributed by atoms with Gasteiger partial charge in [-0.05, 0) is 6.26 Å². The van der Waals surface area contributed by atoms with E-state index in [9.17, 15) is 0 Å². The molecule has 0 bridgehead atoms. The molecule has 0 amide bonds. The minimum atomic E-state index is 0.584. The number of imidazole rings is 1. The molecule has 76 valence electrons. The van der Waals surface area contributed by atoms with Gasteiger partial charge in [0.2, 0.25) is 0 Å². The molecule has 14 heavy (non-hydrogen) atoms. The third-order valence-corrected chi connectivity index (χ3v) is 2.67. The highest BCUT2D eigenvalue weighted by molar-refractivity contribution is 7.97. The number of nitriles is 1. The molecular weight excluding hydrogens is 194 g/mol. The second-order valence-electron chi connectivity index (χ2n) is 3.06. The van der Waals surface area contributed by atoms with Gasteiger partial charge >= 0.3 is 0 Å². The average molecular weight is 210 g/mol. The number of aromatic nitrogens is 2. The van der Waals surface area contributed by atoms with E-state index in [0.717, 1.165) is 18.8 Å². The molecule has 0 aliphatic heterocycles. The summed E-state index contributed by atoms with van der Waals surface area (Å²) >= 11 is 1.81. The number of thioether (sulfide) groups is 1. The van der Waals surface area contributed by atoms with Gasteiger partial charge in [-0.2, -0.15) is 5.26 Å². The van der Waals surface area contributed by atoms with Crippen molar-refractivity contribution in [1.29, 1.82) is 5.26 Å². The third kappa shape index (κ3) is 2.52. The van der Waals surface area contributed by atoms with Crippen LogP contribution in [-0.2, 0) is 18.8 Å². The van der Waals surface area contributed by atoms with Gasteiger partial charge in [0.05, 0.1) is 12.5 Å². The van der Waals surface area contributed by atoms with Gasteiger partial charge < -0.3 is 0 Å². The highest BCUT2D eigenvalue weighted by Crippen LogP contribution is 2.01. The third-order valence-electron chi connectivity index (χ3n) is 2.14. The lowest BCUT2D eigenvalue weighted by Crippen LogP contribution is -2.35. The second kappa shape index (κ2) is 5.71. The van der Waals surface area contributed by atoms with Crippen LogP contribution in [0.25, 0.3) is 0 Å². The summed E-state index contributed by atoms with van der Waals surface area (Å²) in [6.07, 6.45) is 7.85. The molecule has 0 spiro atoms. The number of aryl methyl sites for hydroxylation is 1. The maximum Gasteiger partial charge on any atom is 0.256 e. The van der Waals surface area contributed by atoms with Crippen LogP contribution >= 0.6 is 11.8 Å². The summed E-state index contributed by atoms with van der Waals surface area (Å²) in [6, 6.07) is 2.17. The normalized spacial score (nSPS) is 10.1. The van der Waals surface area contributed by atoms with Gasteiger partial charge in [0.1, 0.15) is 24.8 Å². The minimum absolute atomic E-state index is 0.584. The van der Waals surface area contributed by atoms with Crippen molar-refractivity contribution >= 4 is 11.8 Å². The molecule has 0 fully saturated rings. The number of hydrogen-bond donors (Lipinski definition) is 0. The van der Waals surface area contributed by atoms with Crippen molar-refractivity contribution in [3.05, 3.63) is 18.2 Å². The molecule has 0 atom stereocenters. The lowest BCUT2D eigenvalue weighted by Gasteiger charge is -1.99. The molecule has 0 saturated heterocycles. The van der Waals surface area contributed by atoms with E-state index in [1.54, 1.807) is 11.8 Å². The Morgan fingerprint density at radius 2 is 2.43 bits per heavy atom. The predicted molar refractivity (Wildman–Crippen MR) is 57.8 cm³/mol. The fourth-order valence-electron chi connectivity index (χ4n) is 1.53. The van der Waals surface area contributed by atoms with Crippen LogP contribution in [0.1, 0.15) is 19.2 Å². The Bertz CT molecular complexity index is 325. The summed E-state index contributed by atoms with van der Waals surface area (Å²) in [6.45, 7) is 2.95. The van der Waals surface area contributed by atoms with Crippen molar-refractivity contribution < 1.29 is 4.57 Å². The van der Waals surface area contributed by atoms with Crippen LogP contribution in [0.3, 0.4) is 0 Å². The molecule has 4 heteroatoms. The minimum Gasteiger partial charge on any atom is -0.233 e. The van der Waals surface area contributed by atoms with Gasteiger partial charge in [-0.15, -0.1) is 11.8 Å². The summed E-state index contributed by atoms with van der Waals surface area (Å²) in [5, 5.41) is 8.53. The highest BCUT2D eigenvalue weighted by atomic mass is 32.2. The fourth-order valence-corrected chi connectivity index (χ4v) is 2.05.